The Kier molecular flexibility index (Phi) is 12.0. The van der Waals surface area contributed by atoms with Gasteiger partial charge in [0, 0.05) is 5.56 Å². The number of nitrogens with zero attached hydrogens (tertiary/aromatic N) is 1. The summed E-state index contributed by atoms with van der Waals surface area (Å²) in [6.45, 7) is 5.47. The number of rotatable bonds is 16. The fraction of sp³-hybridized carbons (Fsp3) is 0.480. The van der Waals surface area contributed by atoms with E-state index in [1.54, 1.807) is 13.8 Å². The second-order valence-electron chi connectivity index (χ2n) is 8.61. The molecular weight excluding hydrogens is 517 g/mol. The average molecular weight is 554 g/mol. The smallest absolute Gasteiger partial charge is 0.359 e. The fourth-order valence-corrected chi connectivity index (χ4v) is 4.76. The Morgan fingerprint density at radius 1 is 1.13 bits per heavy atom. The van der Waals surface area contributed by atoms with Crippen molar-refractivity contribution in [1.82, 2.24) is 15.7 Å². The van der Waals surface area contributed by atoms with Gasteiger partial charge in [-0.25, -0.2) is 5.06 Å². The van der Waals surface area contributed by atoms with E-state index in [9.17, 15) is 33.9 Å². The molecule has 0 aliphatic carbocycles. The van der Waals surface area contributed by atoms with Crippen LogP contribution in [0.1, 0.15) is 63.4 Å². The van der Waals surface area contributed by atoms with E-state index in [0.717, 1.165) is 19.3 Å². The predicted molar refractivity (Wildman–Crippen MR) is 139 cm³/mol. The number of carbonyl (C=O) groups excluding carboxylic acids is 3. The summed E-state index contributed by atoms with van der Waals surface area (Å²) in [5.41, 5.74) is 0.447. The molecule has 13 heteroatoms. The van der Waals surface area contributed by atoms with Gasteiger partial charge in [-0.2, -0.15) is 0 Å². The summed E-state index contributed by atoms with van der Waals surface area (Å²) in [6.07, 6.45) is 3.73. The maximum atomic E-state index is 12.8. The summed E-state index contributed by atoms with van der Waals surface area (Å²) in [6, 6.07) is 6.39. The number of nitrogens with one attached hydrogen (secondary N) is 2. The fourth-order valence-electron chi connectivity index (χ4n) is 4.07. The Morgan fingerprint density at radius 2 is 1.87 bits per heavy atom. The summed E-state index contributed by atoms with van der Waals surface area (Å²) < 4.78 is 22.7. The zero-order valence-electron chi connectivity index (χ0n) is 21.8. The first-order valence-electron chi connectivity index (χ1n) is 12.5. The molecule has 0 saturated heterocycles. The Balaban J connectivity index is 2.06. The highest BCUT2D eigenvalue weighted by atomic mass is 31.2. The molecule has 2 aromatic rings. The van der Waals surface area contributed by atoms with Gasteiger partial charge in [-0.05, 0) is 44.0 Å². The van der Waals surface area contributed by atoms with E-state index in [1.807, 2.05) is 6.92 Å². The normalized spacial score (nSPS) is 12.9. The van der Waals surface area contributed by atoms with Crippen LogP contribution >= 0.6 is 7.60 Å². The van der Waals surface area contributed by atoms with Crippen LogP contribution < -0.4 is 20.7 Å². The molecule has 0 saturated carbocycles. The van der Waals surface area contributed by atoms with Crippen LogP contribution in [0.5, 0.6) is 5.75 Å². The predicted octanol–water partition coefficient (Wildman–Crippen LogP) is 2.77. The number of amides is 3. The van der Waals surface area contributed by atoms with Gasteiger partial charge >= 0.3 is 7.60 Å². The summed E-state index contributed by atoms with van der Waals surface area (Å²) >= 11 is 0. The van der Waals surface area contributed by atoms with Crippen LogP contribution in [0, 0.1) is 5.92 Å². The highest BCUT2D eigenvalue weighted by Gasteiger charge is 2.30. The van der Waals surface area contributed by atoms with Crippen LogP contribution in [-0.4, -0.2) is 57.6 Å². The summed E-state index contributed by atoms with van der Waals surface area (Å²) in [7, 11) is -4.55. The molecule has 210 valence electrons. The molecule has 2 unspecified atom stereocenters. The largest absolute Gasteiger partial charge is 0.493 e. The minimum absolute atomic E-state index is 0.0124. The van der Waals surface area contributed by atoms with E-state index in [4.69, 9.17) is 9.15 Å². The topological polar surface area (TPSA) is 179 Å². The number of hydrogen-bond donors (Lipinski definition) is 5. The van der Waals surface area contributed by atoms with Crippen molar-refractivity contribution in [2.75, 3.05) is 13.3 Å². The van der Waals surface area contributed by atoms with Crippen molar-refractivity contribution in [3.63, 3.8) is 0 Å². The third-order valence-electron chi connectivity index (χ3n) is 5.99. The zero-order valence-corrected chi connectivity index (χ0v) is 22.6. The standard InChI is InChI=1S/C25H36N3O9P/c1-4-7-8-9-18(19(5-2)28(32)16-29)24(30)26-15-27-25(31)21-12-11-20(37-21)17-10-13-23(38(33,34)35)22(14-17)36-6-3/h10-14,16,18-19,32H,4-9,15H2,1-3H3,(H,26,30)(H,27,31)(H2,33,34,35). The third kappa shape index (κ3) is 8.42. The molecule has 38 heavy (non-hydrogen) atoms. The van der Waals surface area contributed by atoms with Crippen LogP contribution in [0.4, 0.5) is 0 Å². The van der Waals surface area contributed by atoms with E-state index in [0.29, 0.717) is 23.5 Å². The van der Waals surface area contributed by atoms with Crippen LogP contribution in [0.25, 0.3) is 11.3 Å². The number of furan rings is 1. The van der Waals surface area contributed by atoms with Gasteiger partial charge in [-0.15, -0.1) is 0 Å². The molecule has 0 fully saturated rings. The molecule has 0 aliphatic heterocycles. The van der Waals surface area contributed by atoms with Gasteiger partial charge in [0.25, 0.3) is 5.91 Å². The summed E-state index contributed by atoms with van der Waals surface area (Å²) in [5.74, 6) is -1.40. The van der Waals surface area contributed by atoms with E-state index in [2.05, 4.69) is 10.6 Å². The molecule has 3 amide bonds. The van der Waals surface area contributed by atoms with Crippen molar-refractivity contribution in [3.05, 3.63) is 36.1 Å². The second kappa shape index (κ2) is 14.7. The minimum atomic E-state index is -4.55. The van der Waals surface area contributed by atoms with Gasteiger partial charge in [0.2, 0.25) is 12.3 Å². The van der Waals surface area contributed by atoms with E-state index in [-0.39, 0.29) is 42.3 Å². The van der Waals surface area contributed by atoms with Gasteiger partial charge < -0.3 is 29.6 Å². The van der Waals surface area contributed by atoms with Crippen molar-refractivity contribution in [1.29, 1.82) is 0 Å². The van der Waals surface area contributed by atoms with Crippen LogP contribution in [0.3, 0.4) is 0 Å². The summed E-state index contributed by atoms with van der Waals surface area (Å²) in [4.78, 5) is 55.5. The van der Waals surface area contributed by atoms with E-state index < -0.39 is 31.4 Å². The van der Waals surface area contributed by atoms with Crippen molar-refractivity contribution >= 4 is 31.1 Å². The van der Waals surface area contributed by atoms with Gasteiger partial charge in [0.05, 0.1) is 25.2 Å². The van der Waals surface area contributed by atoms with Crippen LogP contribution in [-0.2, 0) is 14.2 Å². The Morgan fingerprint density at radius 3 is 2.47 bits per heavy atom. The highest BCUT2D eigenvalue weighted by molar-refractivity contribution is 7.60. The molecule has 0 bridgehead atoms. The number of ether oxygens (including phenoxy) is 1. The van der Waals surface area contributed by atoms with Crippen molar-refractivity contribution in [3.8, 4) is 17.1 Å². The van der Waals surface area contributed by atoms with Crippen LogP contribution in [0.15, 0.2) is 34.7 Å². The van der Waals surface area contributed by atoms with Crippen molar-refractivity contribution < 1.29 is 43.1 Å². The molecular formula is C25H36N3O9P. The monoisotopic (exact) mass is 553 g/mol. The molecule has 1 heterocycles. The molecule has 0 radical (unpaired) electrons. The van der Waals surface area contributed by atoms with Crippen molar-refractivity contribution in [2.24, 2.45) is 5.92 Å². The van der Waals surface area contributed by atoms with Gasteiger partial charge in [0.15, 0.2) is 5.76 Å². The van der Waals surface area contributed by atoms with E-state index in [1.165, 1.54) is 30.3 Å². The number of unbranched alkanes of at least 4 members (excludes halogenated alkanes) is 2. The maximum absolute atomic E-state index is 12.8. The lowest BCUT2D eigenvalue weighted by atomic mass is 9.90. The Labute approximate surface area is 221 Å². The Bertz CT molecular complexity index is 1130. The number of carbonyl (C=O) groups is 3. The second-order valence-corrected chi connectivity index (χ2v) is 10.2. The molecule has 5 N–H and O–H groups in total. The maximum Gasteiger partial charge on any atom is 0.359 e. The lowest BCUT2D eigenvalue weighted by Crippen LogP contribution is -2.47. The average Bonchev–Trinajstić information content (AvgIpc) is 3.38. The SMILES string of the molecule is CCCCCC(C(=O)NCNC(=O)c1ccc(-c2ccc(P(=O)(O)O)c(OCC)c2)o1)C(CC)N(O)C=O. The first-order valence-corrected chi connectivity index (χ1v) is 14.1. The number of hydroxylamine groups is 2. The number of hydrogen-bond acceptors (Lipinski definition) is 7. The van der Waals surface area contributed by atoms with E-state index >= 15 is 0 Å². The highest BCUT2D eigenvalue weighted by Crippen LogP contribution is 2.39. The molecule has 0 spiro atoms. The van der Waals surface area contributed by atoms with Gasteiger partial charge in [-0.3, -0.25) is 24.2 Å². The minimum Gasteiger partial charge on any atom is -0.493 e. The molecule has 0 aliphatic rings. The molecule has 1 aromatic carbocycles. The quantitative estimate of drug-likeness (QED) is 0.0522. The molecule has 2 atom stereocenters. The Hall–Kier alpha value is -3.18. The van der Waals surface area contributed by atoms with Crippen LogP contribution in [0.2, 0.25) is 0 Å². The first-order chi connectivity index (χ1) is 18.1. The molecule has 2 rings (SSSR count). The van der Waals surface area contributed by atoms with Gasteiger partial charge in [-0.1, -0.05) is 39.2 Å². The van der Waals surface area contributed by atoms with Crippen molar-refractivity contribution in [2.45, 2.75) is 58.9 Å². The lowest BCUT2D eigenvalue weighted by Gasteiger charge is -2.29. The summed E-state index contributed by atoms with van der Waals surface area (Å²) in [5, 5.41) is 15.3. The zero-order chi connectivity index (χ0) is 28.3. The third-order valence-corrected chi connectivity index (χ3v) is 6.98. The van der Waals surface area contributed by atoms with Gasteiger partial charge in [0.1, 0.15) is 16.8 Å². The molecule has 12 nitrogen and oxygen atoms in total. The lowest BCUT2D eigenvalue weighted by molar-refractivity contribution is -0.168. The number of benzene rings is 1. The molecule has 1 aromatic heterocycles. The first kappa shape index (κ1) is 31.0.